The number of hydrogen-bond donors (Lipinski definition) is 0. The molecule has 0 fully saturated rings. The Balaban J connectivity index is 3.10. The van der Waals surface area contributed by atoms with Gasteiger partial charge in [0.1, 0.15) is 0 Å². The molecular weight excluding hydrogens is 317 g/mol. The molecule has 24 heavy (non-hydrogen) atoms. The summed E-state index contributed by atoms with van der Waals surface area (Å²) >= 11 is 0. The van der Waals surface area contributed by atoms with Gasteiger partial charge in [-0.1, -0.05) is 50.8 Å². The van der Waals surface area contributed by atoms with Crippen LogP contribution in [0.5, 0.6) is 0 Å². The number of ether oxygens (including phenoxy) is 1. The highest BCUT2D eigenvalue weighted by atomic mass is 19.4. The molecule has 0 saturated heterocycles. The maximum Gasteiger partial charge on any atom is 0.417 e. The lowest BCUT2D eigenvalue weighted by atomic mass is 9.99. The normalized spacial score (nSPS) is 13.4. The molecule has 0 spiro atoms. The van der Waals surface area contributed by atoms with Gasteiger partial charge in [-0.3, -0.25) is 0 Å². The molecule has 2 unspecified atom stereocenters. The van der Waals surface area contributed by atoms with Crippen LogP contribution in [0.1, 0.15) is 49.5 Å². The van der Waals surface area contributed by atoms with E-state index in [2.05, 4.69) is 18.4 Å². The Labute approximate surface area is 140 Å². The van der Waals surface area contributed by atoms with Crippen LogP contribution in [0.4, 0.5) is 13.2 Å². The average molecular weight is 338 g/mol. The number of esters is 1. The number of alkyl halides is 3. The van der Waals surface area contributed by atoms with E-state index in [-0.39, 0.29) is 5.92 Å². The van der Waals surface area contributed by atoms with Crippen LogP contribution >= 0.6 is 0 Å². The maximum atomic E-state index is 13.0. The Morgan fingerprint density at radius 2 is 1.96 bits per heavy atom. The van der Waals surface area contributed by atoms with Gasteiger partial charge in [0.2, 0.25) is 0 Å². The van der Waals surface area contributed by atoms with Gasteiger partial charge in [0.05, 0.1) is 11.1 Å². The number of hydrogen-bond acceptors (Lipinski definition) is 2. The van der Waals surface area contributed by atoms with Crippen LogP contribution < -0.4 is 0 Å². The van der Waals surface area contributed by atoms with Gasteiger partial charge in [-0.15, -0.1) is 0 Å². The minimum Gasteiger partial charge on any atom is -0.445 e. The lowest BCUT2D eigenvalue weighted by Crippen LogP contribution is -2.25. The first kappa shape index (κ1) is 19.8. The number of halogens is 3. The molecule has 2 nitrogen and oxygen atoms in total. The van der Waals surface area contributed by atoms with Crippen molar-refractivity contribution >= 4 is 5.97 Å². The first-order valence-electron chi connectivity index (χ1n) is 7.71. The summed E-state index contributed by atoms with van der Waals surface area (Å²) in [4.78, 5) is 12.3. The minimum atomic E-state index is -4.62. The monoisotopic (exact) mass is 338 g/mol. The highest BCUT2D eigenvalue weighted by Gasteiger charge is 2.36. The van der Waals surface area contributed by atoms with Crippen molar-refractivity contribution in [2.24, 2.45) is 5.92 Å². The van der Waals surface area contributed by atoms with Crippen LogP contribution in [0.25, 0.3) is 0 Å². The molecule has 0 bridgehead atoms. The van der Waals surface area contributed by atoms with E-state index in [1.54, 1.807) is 6.92 Å². The summed E-state index contributed by atoms with van der Waals surface area (Å²) in [6.45, 7) is 9.18. The van der Waals surface area contributed by atoms with E-state index >= 15 is 0 Å². The van der Waals surface area contributed by atoms with Gasteiger partial charge >= 0.3 is 12.1 Å². The molecule has 0 aliphatic carbocycles. The summed E-state index contributed by atoms with van der Waals surface area (Å²) in [6, 6.07) is 4.58. The molecule has 2 atom stereocenters. The molecule has 0 aromatic heterocycles. The van der Waals surface area contributed by atoms with Crippen molar-refractivity contribution in [1.29, 1.82) is 0 Å². The Kier molecular flexibility index (Phi) is 7.09. The van der Waals surface area contributed by atoms with E-state index in [1.165, 1.54) is 12.1 Å². The zero-order valence-electron chi connectivity index (χ0n) is 14.0. The zero-order chi connectivity index (χ0) is 18.3. The van der Waals surface area contributed by atoms with Gasteiger partial charge < -0.3 is 4.74 Å². The molecule has 5 heteroatoms. The van der Waals surface area contributed by atoms with Crippen molar-refractivity contribution in [2.75, 3.05) is 0 Å². The number of rotatable bonds is 5. The molecule has 0 aliphatic rings. The third-order valence-electron chi connectivity index (χ3n) is 3.38. The second-order valence-corrected chi connectivity index (χ2v) is 5.68. The highest BCUT2D eigenvalue weighted by molar-refractivity contribution is 5.91. The fourth-order valence-corrected chi connectivity index (χ4v) is 2.18. The van der Waals surface area contributed by atoms with Crippen molar-refractivity contribution in [3.8, 4) is 11.8 Å². The number of carbonyl (C=O) groups excluding carboxylic acids is 1. The van der Waals surface area contributed by atoms with Crippen molar-refractivity contribution in [3.05, 3.63) is 47.5 Å². The average Bonchev–Trinajstić information content (AvgIpc) is 2.50. The Hall–Kier alpha value is -2.22. The predicted molar refractivity (Wildman–Crippen MR) is 87.3 cm³/mol. The van der Waals surface area contributed by atoms with Crippen LogP contribution in [0, 0.1) is 17.8 Å². The van der Waals surface area contributed by atoms with Gasteiger partial charge in [-0.2, -0.15) is 13.2 Å². The molecule has 1 aromatic carbocycles. The van der Waals surface area contributed by atoms with E-state index in [0.29, 0.717) is 5.57 Å². The largest absolute Gasteiger partial charge is 0.445 e. The maximum absolute atomic E-state index is 13.0. The third kappa shape index (κ3) is 5.77. The van der Waals surface area contributed by atoms with Gasteiger partial charge in [-0.05, 0) is 31.1 Å². The molecule has 0 heterocycles. The van der Waals surface area contributed by atoms with Crippen molar-refractivity contribution < 1.29 is 22.7 Å². The molecule has 0 radical (unpaired) electrons. The number of carbonyl (C=O) groups is 1. The third-order valence-corrected chi connectivity index (χ3v) is 3.38. The fourth-order valence-electron chi connectivity index (χ4n) is 2.18. The molecule has 130 valence electrons. The van der Waals surface area contributed by atoms with E-state index < -0.39 is 29.4 Å². The van der Waals surface area contributed by atoms with E-state index in [1.807, 2.05) is 13.8 Å². The standard InChI is InChI=1S/C19H21F3O2/c1-5-8-14(4)17(12-11-13(2)3)24-18(23)15-9-6-7-10-16(15)19(20,21)22/h6-7,9-10,14,17H,2,5,8H2,1,3-4H3. The Morgan fingerprint density at radius 3 is 2.50 bits per heavy atom. The van der Waals surface area contributed by atoms with Gasteiger partial charge in [0.25, 0.3) is 0 Å². The summed E-state index contributed by atoms with van der Waals surface area (Å²) < 4.78 is 44.4. The van der Waals surface area contributed by atoms with E-state index in [9.17, 15) is 18.0 Å². The summed E-state index contributed by atoms with van der Waals surface area (Å²) in [5.41, 5.74) is -0.920. The first-order valence-corrected chi connectivity index (χ1v) is 7.71. The second kappa shape index (κ2) is 8.58. The smallest absolute Gasteiger partial charge is 0.417 e. The van der Waals surface area contributed by atoms with Crippen molar-refractivity contribution in [3.63, 3.8) is 0 Å². The second-order valence-electron chi connectivity index (χ2n) is 5.68. The van der Waals surface area contributed by atoms with Gasteiger partial charge in [0, 0.05) is 5.92 Å². The Morgan fingerprint density at radius 1 is 1.33 bits per heavy atom. The van der Waals surface area contributed by atoms with E-state index in [4.69, 9.17) is 4.74 Å². The fraction of sp³-hybridized carbons (Fsp3) is 0.421. The van der Waals surface area contributed by atoms with Gasteiger partial charge in [0.15, 0.2) is 6.10 Å². The van der Waals surface area contributed by atoms with Crippen LogP contribution in [0.15, 0.2) is 36.4 Å². The van der Waals surface area contributed by atoms with Crippen LogP contribution in [-0.4, -0.2) is 12.1 Å². The summed E-state index contributed by atoms with van der Waals surface area (Å²) in [5, 5.41) is 0. The molecule has 0 aliphatic heterocycles. The number of allylic oxidation sites excluding steroid dienone is 1. The van der Waals surface area contributed by atoms with Crippen LogP contribution in [0.3, 0.4) is 0 Å². The topological polar surface area (TPSA) is 26.3 Å². The van der Waals surface area contributed by atoms with Crippen molar-refractivity contribution in [1.82, 2.24) is 0 Å². The molecule has 0 saturated carbocycles. The molecule has 0 N–H and O–H groups in total. The minimum absolute atomic E-state index is 0.0937. The summed E-state index contributed by atoms with van der Waals surface area (Å²) in [5.74, 6) is 4.42. The lowest BCUT2D eigenvalue weighted by Gasteiger charge is -2.20. The highest BCUT2D eigenvalue weighted by Crippen LogP contribution is 2.32. The van der Waals surface area contributed by atoms with E-state index in [0.717, 1.165) is 25.0 Å². The molecular formula is C19H21F3O2. The SMILES string of the molecule is C=C(C)C#CC(OC(=O)c1ccccc1C(F)(F)F)C(C)CCC. The first-order chi connectivity index (χ1) is 11.2. The lowest BCUT2D eigenvalue weighted by molar-refractivity contribution is -0.138. The summed E-state index contributed by atoms with van der Waals surface area (Å²) in [7, 11) is 0. The molecule has 1 aromatic rings. The van der Waals surface area contributed by atoms with Gasteiger partial charge in [-0.25, -0.2) is 4.79 Å². The van der Waals surface area contributed by atoms with Crippen LogP contribution in [-0.2, 0) is 10.9 Å². The quantitative estimate of drug-likeness (QED) is 0.542. The summed E-state index contributed by atoms with van der Waals surface area (Å²) in [6.07, 6.45) is -3.81. The zero-order valence-corrected chi connectivity index (χ0v) is 14.0. The number of benzene rings is 1. The molecule has 1 rings (SSSR count). The van der Waals surface area contributed by atoms with Crippen molar-refractivity contribution in [2.45, 2.75) is 45.9 Å². The van der Waals surface area contributed by atoms with Crippen LogP contribution in [0.2, 0.25) is 0 Å². The molecule has 0 amide bonds. The Bertz CT molecular complexity index is 651. The predicted octanol–water partition coefficient (Wildman–Crippen LogP) is 5.25.